The third-order valence-electron chi connectivity index (χ3n) is 3.32. The van der Waals surface area contributed by atoms with Crippen LogP contribution in [0.3, 0.4) is 0 Å². The van der Waals surface area contributed by atoms with Crippen LogP contribution in [-0.2, 0) is 6.42 Å². The summed E-state index contributed by atoms with van der Waals surface area (Å²) in [6.07, 6.45) is 8.18. The van der Waals surface area contributed by atoms with E-state index in [1.54, 1.807) is 4.88 Å². The number of nitrogens with one attached hydrogen (secondary N) is 1. The van der Waals surface area contributed by atoms with Gasteiger partial charge in [0.25, 0.3) is 0 Å². The standard InChI is InChI=1S/C14H23NS/c1-2-9-15-13(11-12-5-6-12)7-8-14-4-3-10-16-14/h3-4,10,12-13,15H,2,5-9,11H2,1H3. The molecule has 1 aliphatic carbocycles. The minimum absolute atomic E-state index is 0.759. The van der Waals surface area contributed by atoms with Gasteiger partial charge in [-0.25, -0.2) is 0 Å². The van der Waals surface area contributed by atoms with Gasteiger partial charge in [0.15, 0.2) is 0 Å². The second kappa shape index (κ2) is 6.41. The average molecular weight is 237 g/mol. The van der Waals surface area contributed by atoms with E-state index in [4.69, 9.17) is 0 Å². The van der Waals surface area contributed by atoms with Gasteiger partial charge in [0.05, 0.1) is 0 Å². The van der Waals surface area contributed by atoms with Gasteiger partial charge in [0, 0.05) is 10.9 Å². The third kappa shape index (κ3) is 4.26. The van der Waals surface area contributed by atoms with Crippen LogP contribution in [0, 0.1) is 5.92 Å². The summed E-state index contributed by atoms with van der Waals surface area (Å²) >= 11 is 1.90. The van der Waals surface area contributed by atoms with Gasteiger partial charge in [-0.2, -0.15) is 0 Å². The Bertz CT molecular complexity index is 277. The van der Waals surface area contributed by atoms with Crippen molar-refractivity contribution in [2.24, 2.45) is 5.92 Å². The van der Waals surface area contributed by atoms with Crippen molar-refractivity contribution in [2.45, 2.75) is 51.5 Å². The molecule has 0 radical (unpaired) electrons. The smallest absolute Gasteiger partial charge is 0.00731 e. The summed E-state index contributed by atoms with van der Waals surface area (Å²) in [5, 5.41) is 5.89. The zero-order valence-electron chi connectivity index (χ0n) is 10.2. The molecule has 1 saturated carbocycles. The molecule has 0 saturated heterocycles. The molecule has 0 amide bonds. The van der Waals surface area contributed by atoms with Gasteiger partial charge in [0.2, 0.25) is 0 Å². The first kappa shape index (κ1) is 12.1. The third-order valence-corrected chi connectivity index (χ3v) is 4.25. The van der Waals surface area contributed by atoms with Crippen molar-refractivity contribution in [1.82, 2.24) is 5.32 Å². The van der Waals surface area contributed by atoms with E-state index in [-0.39, 0.29) is 0 Å². The van der Waals surface area contributed by atoms with E-state index >= 15 is 0 Å². The first-order valence-corrected chi connectivity index (χ1v) is 7.52. The highest BCUT2D eigenvalue weighted by atomic mass is 32.1. The summed E-state index contributed by atoms with van der Waals surface area (Å²) in [7, 11) is 0. The molecule has 1 aromatic rings. The molecule has 1 atom stereocenters. The van der Waals surface area contributed by atoms with Crippen molar-refractivity contribution in [3.63, 3.8) is 0 Å². The first-order valence-electron chi connectivity index (χ1n) is 6.64. The SMILES string of the molecule is CCCNC(CCc1cccs1)CC1CC1. The van der Waals surface area contributed by atoms with E-state index in [0.29, 0.717) is 0 Å². The summed E-state index contributed by atoms with van der Waals surface area (Å²) < 4.78 is 0. The highest BCUT2D eigenvalue weighted by Crippen LogP contribution is 2.34. The Hall–Kier alpha value is -0.340. The number of rotatable bonds is 8. The van der Waals surface area contributed by atoms with Crippen LogP contribution in [0.2, 0.25) is 0 Å². The molecule has 2 heteroatoms. The van der Waals surface area contributed by atoms with Gasteiger partial charge >= 0.3 is 0 Å². The van der Waals surface area contributed by atoms with Crippen LogP contribution in [0.5, 0.6) is 0 Å². The Morgan fingerprint density at radius 3 is 3.00 bits per heavy atom. The Morgan fingerprint density at radius 2 is 2.38 bits per heavy atom. The lowest BCUT2D eigenvalue weighted by Crippen LogP contribution is -2.30. The zero-order chi connectivity index (χ0) is 11.2. The maximum absolute atomic E-state index is 3.71. The molecular formula is C14H23NS. The fourth-order valence-electron chi connectivity index (χ4n) is 2.18. The molecule has 1 unspecified atom stereocenters. The fraction of sp³-hybridized carbons (Fsp3) is 0.714. The quantitative estimate of drug-likeness (QED) is 0.724. The minimum Gasteiger partial charge on any atom is -0.314 e. The molecule has 0 spiro atoms. The molecule has 1 aromatic heterocycles. The van der Waals surface area contributed by atoms with E-state index in [1.807, 2.05) is 11.3 Å². The second-order valence-corrected chi connectivity index (χ2v) is 5.98. The molecule has 2 rings (SSSR count). The predicted molar refractivity (Wildman–Crippen MR) is 72.1 cm³/mol. The largest absolute Gasteiger partial charge is 0.314 e. The number of hydrogen-bond donors (Lipinski definition) is 1. The Morgan fingerprint density at radius 1 is 1.50 bits per heavy atom. The number of hydrogen-bond acceptors (Lipinski definition) is 2. The van der Waals surface area contributed by atoms with E-state index in [1.165, 1.54) is 45.1 Å². The van der Waals surface area contributed by atoms with Crippen LogP contribution < -0.4 is 5.32 Å². The minimum atomic E-state index is 0.759. The summed E-state index contributed by atoms with van der Waals surface area (Å²) in [6.45, 7) is 3.43. The lowest BCUT2D eigenvalue weighted by Gasteiger charge is -2.17. The summed E-state index contributed by atoms with van der Waals surface area (Å²) in [5.41, 5.74) is 0. The van der Waals surface area contributed by atoms with Gasteiger partial charge in [0.1, 0.15) is 0 Å². The maximum Gasteiger partial charge on any atom is 0.00731 e. The maximum atomic E-state index is 3.71. The van der Waals surface area contributed by atoms with Crippen molar-refractivity contribution >= 4 is 11.3 Å². The van der Waals surface area contributed by atoms with Crippen LogP contribution in [0.1, 0.15) is 43.9 Å². The molecule has 1 aliphatic rings. The molecule has 0 bridgehead atoms. The van der Waals surface area contributed by atoms with Gasteiger partial charge in [-0.3, -0.25) is 0 Å². The Kier molecular flexibility index (Phi) is 4.86. The zero-order valence-corrected chi connectivity index (χ0v) is 11.1. The van der Waals surface area contributed by atoms with E-state index < -0.39 is 0 Å². The van der Waals surface area contributed by atoms with Gasteiger partial charge in [-0.15, -0.1) is 11.3 Å². The van der Waals surface area contributed by atoms with Crippen molar-refractivity contribution in [3.8, 4) is 0 Å². The lowest BCUT2D eigenvalue weighted by molar-refractivity contribution is 0.433. The fourth-order valence-corrected chi connectivity index (χ4v) is 2.90. The van der Waals surface area contributed by atoms with Crippen LogP contribution in [0.4, 0.5) is 0 Å². The van der Waals surface area contributed by atoms with E-state index in [0.717, 1.165) is 12.0 Å². The molecule has 1 heterocycles. The molecule has 0 aromatic carbocycles. The molecule has 1 nitrogen and oxygen atoms in total. The summed E-state index contributed by atoms with van der Waals surface area (Å²) in [5.74, 6) is 1.04. The number of thiophene rings is 1. The Labute approximate surface area is 103 Å². The summed E-state index contributed by atoms with van der Waals surface area (Å²) in [4.78, 5) is 1.54. The van der Waals surface area contributed by atoms with Crippen molar-refractivity contribution in [2.75, 3.05) is 6.54 Å². The van der Waals surface area contributed by atoms with Gasteiger partial charge in [-0.05, 0) is 49.6 Å². The normalized spacial score (nSPS) is 17.6. The topological polar surface area (TPSA) is 12.0 Å². The molecule has 1 N–H and O–H groups in total. The van der Waals surface area contributed by atoms with E-state index in [9.17, 15) is 0 Å². The van der Waals surface area contributed by atoms with E-state index in [2.05, 4.69) is 29.8 Å². The molecule has 1 fully saturated rings. The average Bonchev–Trinajstić information content (AvgIpc) is 2.95. The number of aryl methyl sites for hydroxylation is 1. The van der Waals surface area contributed by atoms with Crippen LogP contribution in [0.25, 0.3) is 0 Å². The van der Waals surface area contributed by atoms with Gasteiger partial charge in [-0.1, -0.05) is 25.8 Å². The lowest BCUT2D eigenvalue weighted by atomic mass is 10.0. The first-order chi connectivity index (χ1) is 7.88. The molecule has 90 valence electrons. The second-order valence-electron chi connectivity index (χ2n) is 4.95. The van der Waals surface area contributed by atoms with Crippen molar-refractivity contribution in [1.29, 1.82) is 0 Å². The Balaban J connectivity index is 1.71. The van der Waals surface area contributed by atoms with Crippen molar-refractivity contribution < 1.29 is 0 Å². The van der Waals surface area contributed by atoms with Gasteiger partial charge < -0.3 is 5.32 Å². The monoisotopic (exact) mass is 237 g/mol. The molecule has 0 aliphatic heterocycles. The predicted octanol–water partition coefficient (Wildman–Crippen LogP) is 3.85. The highest BCUT2D eigenvalue weighted by Gasteiger charge is 2.24. The van der Waals surface area contributed by atoms with Crippen LogP contribution >= 0.6 is 11.3 Å². The highest BCUT2D eigenvalue weighted by molar-refractivity contribution is 7.09. The van der Waals surface area contributed by atoms with Crippen LogP contribution in [0.15, 0.2) is 17.5 Å². The van der Waals surface area contributed by atoms with Crippen LogP contribution in [-0.4, -0.2) is 12.6 Å². The summed E-state index contributed by atoms with van der Waals surface area (Å²) in [6, 6.07) is 5.18. The molecular weight excluding hydrogens is 214 g/mol. The van der Waals surface area contributed by atoms with Crippen molar-refractivity contribution in [3.05, 3.63) is 22.4 Å². The molecule has 16 heavy (non-hydrogen) atoms.